The zero-order valence-corrected chi connectivity index (χ0v) is 23.0. The van der Waals surface area contributed by atoms with Gasteiger partial charge in [0.15, 0.2) is 0 Å². The minimum atomic E-state index is -4.58. The van der Waals surface area contributed by atoms with E-state index in [2.05, 4.69) is 20.6 Å². The highest BCUT2D eigenvalue weighted by Gasteiger charge is 2.31. The van der Waals surface area contributed by atoms with Gasteiger partial charge in [0.05, 0.1) is 29.3 Å². The number of nitrogens with one attached hydrogen (secondary N) is 3. The van der Waals surface area contributed by atoms with Gasteiger partial charge in [0.2, 0.25) is 5.91 Å². The van der Waals surface area contributed by atoms with Crippen molar-refractivity contribution < 1.29 is 35.9 Å². The van der Waals surface area contributed by atoms with E-state index in [9.17, 15) is 35.9 Å². The number of pyridine rings is 1. The van der Waals surface area contributed by atoms with Crippen molar-refractivity contribution in [2.75, 3.05) is 7.05 Å². The molecule has 0 aliphatic heterocycles. The fourth-order valence-corrected chi connectivity index (χ4v) is 5.04. The molecule has 44 heavy (non-hydrogen) atoms. The average Bonchev–Trinajstić information content (AvgIpc) is 3.37. The minimum absolute atomic E-state index is 0.125. The number of carbonyl (C=O) groups excluding carboxylic acids is 2. The van der Waals surface area contributed by atoms with Gasteiger partial charge in [0.1, 0.15) is 17.5 Å². The van der Waals surface area contributed by atoms with E-state index in [0.29, 0.717) is 28.3 Å². The maximum atomic E-state index is 14.4. The number of amides is 2. The van der Waals surface area contributed by atoms with E-state index in [1.165, 1.54) is 37.6 Å². The highest BCUT2D eigenvalue weighted by atomic mass is 19.4. The number of hydrogen-bond donors (Lipinski definition) is 3. The molecule has 226 valence electrons. The van der Waals surface area contributed by atoms with E-state index in [4.69, 9.17) is 0 Å². The molecule has 0 radical (unpaired) electrons. The molecule has 0 bridgehead atoms. The Morgan fingerprint density at radius 1 is 0.955 bits per heavy atom. The van der Waals surface area contributed by atoms with Crippen molar-refractivity contribution in [1.29, 1.82) is 0 Å². The van der Waals surface area contributed by atoms with Crippen LogP contribution < -0.4 is 10.6 Å². The van der Waals surface area contributed by atoms with Crippen molar-refractivity contribution in [1.82, 2.24) is 20.6 Å². The number of benzene rings is 3. The van der Waals surface area contributed by atoms with Crippen LogP contribution >= 0.6 is 0 Å². The lowest BCUT2D eigenvalue weighted by Crippen LogP contribution is -2.32. The van der Waals surface area contributed by atoms with Gasteiger partial charge in [0.25, 0.3) is 5.91 Å². The monoisotopic (exact) mass is 610 g/mol. The number of halogens is 6. The third kappa shape index (κ3) is 6.59. The van der Waals surface area contributed by atoms with Crippen molar-refractivity contribution >= 4 is 22.7 Å². The van der Waals surface area contributed by atoms with Gasteiger partial charge in [-0.3, -0.25) is 14.6 Å². The first-order valence-electron chi connectivity index (χ1n) is 13.3. The molecule has 0 unspecified atom stereocenters. The third-order valence-electron chi connectivity index (χ3n) is 7.06. The van der Waals surface area contributed by atoms with Gasteiger partial charge in [-0.2, -0.15) is 13.2 Å². The smallest absolute Gasteiger partial charge is 0.361 e. The largest absolute Gasteiger partial charge is 0.416 e. The van der Waals surface area contributed by atoms with E-state index in [-0.39, 0.29) is 35.0 Å². The van der Waals surface area contributed by atoms with Gasteiger partial charge < -0.3 is 15.6 Å². The number of H-pyrrole nitrogens is 1. The van der Waals surface area contributed by atoms with Crippen LogP contribution in [0.3, 0.4) is 0 Å². The summed E-state index contributed by atoms with van der Waals surface area (Å²) in [6.07, 6.45) is -2.16. The average molecular weight is 611 g/mol. The molecule has 2 amide bonds. The van der Waals surface area contributed by atoms with Crippen LogP contribution in [0.15, 0.2) is 79.1 Å². The molecule has 5 aromatic rings. The van der Waals surface area contributed by atoms with E-state index < -0.39 is 47.0 Å². The summed E-state index contributed by atoms with van der Waals surface area (Å²) in [5.74, 6) is -3.70. The molecule has 3 aromatic carbocycles. The van der Waals surface area contributed by atoms with Gasteiger partial charge in [0, 0.05) is 42.0 Å². The highest BCUT2D eigenvalue weighted by molar-refractivity contribution is 5.95. The van der Waals surface area contributed by atoms with Crippen LogP contribution in [0.4, 0.5) is 26.3 Å². The maximum absolute atomic E-state index is 14.4. The van der Waals surface area contributed by atoms with Crippen LogP contribution in [0.2, 0.25) is 0 Å². The first-order chi connectivity index (χ1) is 20.9. The lowest BCUT2D eigenvalue weighted by Gasteiger charge is -2.22. The molecule has 0 saturated heterocycles. The second-order valence-electron chi connectivity index (χ2n) is 10.1. The van der Waals surface area contributed by atoms with E-state index >= 15 is 0 Å². The molecule has 0 aliphatic carbocycles. The van der Waals surface area contributed by atoms with Gasteiger partial charge >= 0.3 is 6.18 Å². The minimum Gasteiger partial charge on any atom is -0.361 e. The second-order valence-corrected chi connectivity index (χ2v) is 10.1. The Bertz CT molecular complexity index is 1850. The lowest BCUT2D eigenvalue weighted by molar-refractivity contribution is -0.137. The van der Waals surface area contributed by atoms with Gasteiger partial charge in [-0.1, -0.05) is 12.1 Å². The molecule has 3 N–H and O–H groups in total. The Morgan fingerprint density at radius 2 is 1.70 bits per heavy atom. The van der Waals surface area contributed by atoms with Crippen molar-refractivity contribution in [2.24, 2.45) is 0 Å². The van der Waals surface area contributed by atoms with Crippen molar-refractivity contribution in [3.63, 3.8) is 0 Å². The standard InChI is InChI=1S/C32H24F6N4O2/c1-39-31(44)25-12-18(4-6-26(25)35)23-3-2-8-40-30(23)28(11-17-9-21(33)15-22(34)10-17)42-29(43)13-19-16-41-27-7-5-20(14-24(19)27)32(36,37)38/h2-10,12,14-16,28,41H,11,13H2,1H3,(H,39,44)(H,42,43)/t28-/m0/s1. The van der Waals surface area contributed by atoms with Crippen LogP contribution in [0, 0.1) is 17.5 Å². The fraction of sp³-hybridized carbons (Fsp3) is 0.156. The quantitative estimate of drug-likeness (QED) is 0.172. The summed E-state index contributed by atoms with van der Waals surface area (Å²) in [6.45, 7) is 0. The summed E-state index contributed by atoms with van der Waals surface area (Å²) in [7, 11) is 1.35. The topological polar surface area (TPSA) is 86.9 Å². The summed E-state index contributed by atoms with van der Waals surface area (Å²) in [6, 6.07) is 12.1. The number of fused-ring (bicyclic) bond motifs is 1. The molecule has 0 spiro atoms. The molecule has 6 nitrogen and oxygen atoms in total. The van der Waals surface area contributed by atoms with Crippen LogP contribution in [-0.4, -0.2) is 28.8 Å². The predicted molar refractivity (Wildman–Crippen MR) is 151 cm³/mol. The maximum Gasteiger partial charge on any atom is 0.416 e. The van der Waals surface area contributed by atoms with Gasteiger partial charge in [-0.15, -0.1) is 0 Å². The number of aromatic amines is 1. The van der Waals surface area contributed by atoms with Crippen molar-refractivity contribution in [3.05, 3.63) is 125 Å². The number of rotatable bonds is 8. The SMILES string of the molecule is CNC(=O)c1cc(-c2cccnc2[C@H](Cc2cc(F)cc(F)c2)NC(=O)Cc2c[nH]c3ccc(C(F)(F)F)cc23)ccc1F. The van der Waals surface area contributed by atoms with Crippen LogP contribution in [0.1, 0.15) is 38.8 Å². The third-order valence-corrected chi connectivity index (χ3v) is 7.06. The number of hydrogen-bond acceptors (Lipinski definition) is 3. The number of alkyl halides is 3. The Kier molecular flexibility index (Phi) is 8.43. The zero-order chi connectivity index (χ0) is 31.6. The van der Waals surface area contributed by atoms with E-state index in [1.807, 2.05) is 0 Å². The second kappa shape index (κ2) is 12.2. The van der Waals surface area contributed by atoms with Crippen molar-refractivity contribution in [3.8, 4) is 11.1 Å². The van der Waals surface area contributed by atoms with Crippen LogP contribution in [0.5, 0.6) is 0 Å². The molecule has 0 fully saturated rings. The Hall–Kier alpha value is -5.13. The predicted octanol–water partition coefficient (Wildman–Crippen LogP) is 6.67. The lowest BCUT2D eigenvalue weighted by atomic mass is 9.94. The van der Waals surface area contributed by atoms with Gasteiger partial charge in [-0.05, 0) is 71.6 Å². The van der Waals surface area contributed by atoms with E-state index in [0.717, 1.165) is 30.3 Å². The molecular weight excluding hydrogens is 586 g/mol. The Morgan fingerprint density at radius 3 is 2.41 bits per heavy atom. The summed E-state index contributed by atoms with van der Waals surface area (Å²) >= 11 is 0. The Balaban J connectivity index is 1.52. The first kappa shape index (κ1) is 30.3. The Labute approximate surface area is 247 Å². The molecule has 2 aromatic heterocycles. The first-order valence-corrected chi connectivity index (χ1v) is 13.3. The normalized spacial score (nSPS) is 12.2. The molecule has 5 rings (SSSR count). The summed E-state index contributed by atoms with van der Waals surface area (Å²) < 4.78 is 82.6. The van der Waals surface area contributed by atoms with Crippen molar-refractivity contribution in [2.45, 2.75) is 25.1 Å². The number of aromatic nitrogens is 2. The van der Waals surface area contributed by atoms with E-state index in [1.54, 1.807) is 12.1 Å². The summed E-state index contributed by atoms with van der Waals surface area (Å²) in [4.78, 5) is 32.9. The van der Waals surface area contributed by atoms with Gasteiger partial charge in [-0.25, -0.2) is 13.2 Å². The summed E-state index contributed by atoms with van der Waals surface area (Å²) in [5.41, 5.74) is 0.832. The molecule has 2 heterocycles. The summed E-state index contributed by atoms with van der Waals surface area (Å²) in [5, 5.41) is 5.38. The van der Waals surface area contributed by atoms with Crippen LogP contribution in [0.25, 0.3) is 22.0 Å². The number of nitrogens with zero attached hydrogens (tertiary/aromatic N) is 1. The fourth-order valence-electron chi connectivity index (χ4n) is 5.04. The highest BCUT2D eigenvalue weighted by Crippen LogP contribution is 2.33. The van der Waals surface area contributed by atoms with Crippen LogP contribution in [-0.2, 0) is 23.8 Å². The molecule has 1 atom stereocenters. The molecule has 0 saturated carbocycles. The molecule has 12 heteroatoms. The zero-order valence-electron chi connectivity index (χ0n) is 23.0. The number of carbonyl (C=O) groups is 2. The molecule has 0 aliphatic rings. The molecular formula is C32H24F6N4O2.